The van der Waals surface area contributed by atoms with E-state index in [9.17, 15) is 0 Å². The van der Waals surface area contributed by atoms with Gasteiger partial charge in [-0.1, -0.05) is 29.3 Å². The Morgan fingerprint density at radius 2 is 2.00 bits per heavy atom. The van der Waals surface area contributed by atoms with E-state index >= 15 is 0 Å². The summed E-state index contributed by atoms with van der Waals surface area (Å²) in [5.74, 6) is 0. The lowest BCUT2D eigenvalue weighted by molar-refractivity contribution is 0.389. The molecule has 0 aromatic heterocycles. The highest BCUT2D eigenvalue weighted by atomic mass is 35.5. The Kier molecular flexibility index (Phi) is 6.60. The monoisotopic (exact) mass is 294 g/mol. The molecule has 0 bridgehead atoms. The summed E-state index contributed by atoms with van der Waals surface area (Å²) >= 11 is 12.2. The van der Waals surface area contributed by atoms with Crippen molar-refractivity contribution in [2.45, 2.75) is 25.4 Å². The molecule has 2 rings (SSSR count). The fraction of sp³-hybridized carbons (Fsp3) is 0.500. The summed E-state index contributed by atoms with van der Waals surface area (Å²) < 4.78 is 0. The van der Waals surface area contributed by atoms with Gasteiger partial charge in [0.15, 0.2) is 0 Å². The molecule has 0 aliphatic carbocycles. The van der Waals surface area contributed by atoms with Crippen molar-refractivity contribution in [3.63, 3.8) is 0 Å². The maximum atomic E-state index is 6.11. The Morgan fingerprint density at radius 1 is 1.29 bits per heavy atom. The molecule has 1 aliphatic rings. The molecule has 1 fully saturated rings. The molecule has 2 N–H and O–H groups in total. The largest absolute Gasteiger partial charge is 0.315 e. The number of rotatable bonds is 3. The first kappa shape index (κ1) is 15.1. The van der Waals surface area contributed by atoms with E-state index in [-0.39, 0.29) is 12.4 Å². The fourth-order valence-electron chi connectivity index (χ4n) is 1.97. The molecule has 1 aromatic rings. The van der Waals surface area contributed by atoms with Gasteiger partial charge in [0.25, 0.3) is 0 Å². The van der Waals surface area contributed by atoms with Gasteiger partial charge >= 0.3 is 0 Å². The molecule has 96 valence electrons. The van der Waals surface area contributed by atoms with Gasteiger partial charge in [0.05, 0.1) is 0 Å². The normalized spacial score (nSPS) is 19.8. The van der Waals surface area contributed by atoms with Gasteiger partial charge in [-0.25, -0.2) is 0 Å². The third-order valence-electron chi connectivity index (χ3n) is 2.93. The van der Waals surface area contributed by atoms with Crippen LogP contribution in [0.2, 0.25) is 10.0 Å². The van der Waals surface area contributed by atoms with Gasteiger partial charge in [0.1, 0.15) is 0 Å². The van der Waals surface area contributed by atoms with Crippen LogP contribution >= 0.6 is 35.6 Å². The fourth-order valence-corrected chi connectivity index (χ4v) is 2.50. The summed E-state index contributed by atoms with van der Waals surface area (Å²) in [6, 6.07) is 6.16. The van der Waals surface area contributed by atoms with Crippen LogP contribution in [0.25, 0.3) is 0 Å². The molecule has 1 aromatic carbocycles. The van der Waals surface area contributed by atoms with Crippen LogP contribution in [0, 0.1) is 0 Å². The van der Waals surface area contributed by atoms with E-state index in [4.69, 9.17) is 23.2 Å². The summed E-state index contributed by atoms with van der Waals surface area (Å²) in [7, 11) is 0. The quantitative estimate of drug-likeness (QED) is 0.894. The second-order valence-electron chi connectivity index (χ2n) is 4.12. The summed E-state index contributed by atoms with van der Waals surface area (Å²) in [6.45, 7) is 2.90. The van der Waals surface area contributed by atoms with Crippen LogP contribution in [-0.2, 0) is 6.54 Å². The van der Waals surface area contributed by atoms with E-state index in [1.54, 1.807) is 0 Å². The number of halogens is 3. The third-order valence-corrected chi connectivity index (χ3v) is 3.63. The van der Waals surface area contributed by atoms with Gasteiger partial charge in [0.2, 0.25) is 0 Å². The lowest BCUT2D eigenvalue weighted by Gasteiger charge is -2.24. The molecule has 1 unspecified atom stereocenters. The molecule has 0 saturated carbocycles. The van der Waals surface area contributed by atoms with Crippen molar-refractivity contribution < 1.29 is 0 Å². The highest BCUT2D eigenvalue weighted by Crippen LogP contribution is 2.24. The van der Waals surface area contributed by atoms with Crippen molar-refractivity contribution in [1.29, 1.82) is 0 Å². The summed E-state index contributed by atoms with van der Waals surface area (Å²) in [5.41, 5.74) is 0.997. The number of nitrogens with one attached hydrogen (secondary N) is 2. The average Bonchev–Trinajstić information content (AvgIpc) is 2.30. The maximum Gasteiger partial charge on any atom is 0.0465 e. The van der Waals surface area contributed by atoms with Gasteiger partial charge in [0, 0.05) is 34.7 Å². The van der Waals surface area contributed by atoms with Crippen molar-refractivity contribution in [2.24, 2.45) is 0 Å². The molecule has 0 radical (unpaired) electrons. The molecule has 0 spiro atoms. The van der Waals surface area contributed by atoms with Crippen molar-refractivity contribution in [3.8, 4) is 0 Å². The van der Waals surface area contributed by atoms with Gasteiger partial charge in [-0.2, -0.15) is 0 Å². The summed E-state index contributed by atoms with van der Waals surface area (Å²) in [6.07, 6.45) is 2.45. The van der Waals surface area contributed by atoms with Crippen LogP contribution in [0.3, 0.4) is 0 Å². The Labute approximate surface area is 118 Å². The maximum absolute atomic E-state index is 6.11. The Hall–Kier alpha value is 0.01000. The molecule has 2 nitrogen and oxygen atoms in total. The van der Waals surface area contributed by atoms with Crippen molar-refractivity contribution >= 4 is 35.6 Å². The van der Waals surface area contributed by atoms with Gasteiger partial charge < -0.3 is 10.6 Å². The van der Waals surface area contributed by atoms with E-state index in [2.05, 4.69) is 10.6 Å². The molecule has 1 heterocycles. The second-order valence-corrected chi connectivity index (χ2v) is 4.94. The topological polar surface area (TPSA) is 24.1 Å². The van der Waals surface area contributed by atoms with Gasteiger partial charge in [-0.05, 0) is 31.5 Å². The van der Waals surface area contributed by atoms with Crippen LogP contribution in [0.15, 0.2) is 18.2 Å². The van der Waals surface area contributed by atoms with Crippen molar-refractivity contribution in [1.82, 2.24) is 10.6 Å². The zero-order valence-corrected chi connectivity index (χ0v) is 11.8. The van der Waals surface area contributed by atoms with Crippen molar-refractivity contribution in [3.05, 3.63) is 33.8 Å². The summed E-state index contributed by atoms with van der Waals surface area (Å²) in [4.78, 5) is 0. The van der Waals surface area contributed by atoms with Crippen LogP contribution in [0.5, 0.6) is 0 Å². The number of benzene rings is 1. The SMILES string of the molecule is Cl.Clc1cccc(Cl)c1CNC1CCCNC1. The van der Waals surface area contributed by atoms with Crippen LogP contribution < -0.4 is 10.6 Å². The molecule has 1 aliphatic heterocycles. The molecule has 0 amide bonds. The lowest BCUT2D eigenvalue weighted by atomic mass is 10.1. The van der Waals surface area contributed by atoms with E-state index < -0.39 is 0 Å². The van der Waals surface area contributed by atoms with Crippen LogP contribution in [0.1, 0.15) is 18.4 Å². The smallest absolute Gasteiger partial charge is 0.0465 e. The minimum atomic E-state index is 0. The van der Waals surface area contributed by atoms with E-state index in [0.29, 0.717) is 6.04 Å². The number of hydrogen-bond acceptors (Lipinski definition) is 2. The van der Waals surface area contributed by atoms with Crippen LogP contribution in [0.4, 0.5) is 0 Å². The van der Waals surface area contributed by atoms with Gasteiger partial charge in [-0.15, -0.1) is 12.4 Å². The minimum absolute atomic E-state index is 0. The Bertz CT molecular complexity index is 331. The van der Waals surface area contributed by atoms with Gasteiger partial charge in [-0.3, -0.25) is 0 Å². The molecule has 1 saturated heterocycles. The predicted octanol–water partition coefficient (Wildman–Crippen LogP) is 3.26. The van der Waals surface area contributed by atoms with E-state index in [0.717, 1.165) is 35.2 Å². The summed E-state index contributed by atoms with van der Waals surface area (Å²) in [5, 5.41) is 8.34. The standard InChI is InChI=1S/C12H16Cl2N2.ClH/c13-11-4-1-5-12(14)10(11)8-16-9-3-2-6-15-7-9;/h1,4-5,9,15-16H,2-3,6-8H2;1H. The minimum Gasteiger partial charge on any atom is -0.315 e. The highest BCUT2D eigenvalue weighted by Gasteiger charge is 2.13. The lowest BCUT2D eigenvalue weighted by Crippen LogP contribution is -2.42. The Morgan fingerprint density at radius 3 is 2.59 bits per heavy atom. The first-order valence-electron chi connectivity index (χ1n) is 5.64. The zero-order valence-electron chi connectivity index (χ0n) is 9.51. The Balaban J connectivity index is 0.00000144. The molecular weight excluding hydrogens is 279 g/mol. The highest BCUT2D eigenvalue weighted by molar-refractivity contribution is 6.35. The number of piperidine rings is 1. The second kappa shape index (κ2) is 7.45. The third kappa shape index (κ3) is 4.31. The van der Waals surface area contributed by atoms with Crippen LogP contribution in [-0.4, -0.2) is 19.1 Å². The predicted molar refractivity (Wildman–Crippen MR) is 76.4 cm³/mol. The first-order chi connectivity index (χ1) is 7.77. The van der Waals surface area contributed by atoms with E-state index in [1.165, 1.54) is 12.8 Å². The first-order valence-corrected chi connectivity index (χ1v) is 6.40. The molecule has 5 heteroatoms. The molecule has 1 atom stereocenters. The number of hydrogen-bond donors (Lipinski definition) is 2. The van der Waals surface area contributed by atoms with E-state index in [1.807, 2.05) is 18.2 Å². The molecule has 17 heavy (non-hydrogen) atoms. The average molecular weight is 296 g/mol. The molecular formula is C12H17Cl3N2. The zero-order chi connectivity index (χ0) is 11.4. The van der Waals surface area contributed by atoms with Crippen molar-refractivity contribution in [2.75, 3.05) is 13.1 Å².